The maximum absolute atomic E-state index is 4.69. The fourth-order valence-corrected chi connectivity index (χ4v) is 2.47. The maximum atomic E-state index is 4.69. The number of aryl methyl sites for hydroxylation is 1. The molecule has 2 heterocycles. The molecule has 4 nitrogen and oxygen atoms in total. The molecular formula is C13H23N4+. The number of hydrogen-bond acceptors (Lipinski definition) is 3. The quantitative estimate of drug-likeness (QED) is 0.788. The molecule has 1 N–H and O–H groups in total. The normalized spacial score (nSPS) is 20.5. The lowest BCUT2D eigenvalue weighted by molar-refractivity contribution is -0.666. The average molecular weight is 235 g/mol. The summed E-state index contributed by atoms with van der Waals surface area (Å²) in [6.07, 6.45) is 2.62. The molecule has 0 saturated carbocycles. The van der Waals surface area contributed by atoms with Crippen LogP contribution in [0.4, 0.5) is 11.6 Å². The van der Waals surface area contributed by atoms with E-state index < -0.39 is 0 Å². The van der Waals surface area contributed by atoms with Gasteiger partial charge in [0.2, 0.25) is 17.5 Å². The summed E-state index contributed by atoms with van der Waals surface area (Å²) < 4.78 is 2.08. The zero-order chi connectivity index (χ0) is 12.4. The first-order valence-corrected chi connectivity index (χ1v) is 6.42. The molecule has 0 radical (unpaired) electrons. The molecule has 2 rings (SSSR count). The molecule has 0 amide bonds. The van der Waals surface area contributed by atoms with Crippen molar-refractivity contribution < 1.29 is 4.57 Å². The Kier molecular flexibility index (Phi) is 3.50. The third-order valence-electron chi connectivity index (χ3n) is 3.63. The Labute approximate surface area is 104 Å². The van der Waals surface area contributed by atoms with Crippen molar-refractivity contribution in [1.82, 2.24) is 4.98 Å². The highest BCUT2D eigenvalue weighted by atomic mass is 15.2. The lowest BCUT2D eigenvalue weighted by Crippen LogP contribution is -2.40. The van der Waals surface area contributed by atoms with Crippen molar-refractivity contribution in [1.29, 1.82) is 0 Å². The number of anilines is 2. The maximum Gasteiger partial charge on any atom is 0.237 e. The Morgan fingerprint density at radius 2 is 2.29 bits per heavy atom. The van der Waals surface area contributed by atoms with E-state index >= 15 is 0 Å². The van der Waals surface area contributed by atoms with Crippen LogP contribution in [0.25, 0.3) is 0 Å². The number of piperidine rings is 1. The van der Waals surface area contributed by atoms with Crippen molar-refractivity contribution >= 4 is 11.6 Å². The molecule has 1 unspecified atom stereocenters. The fourth-order valence-electron chi connectivity index (χ4n) is 2.47. The average Bonchev–Trinajstić information content (AvgIpc) is 2.32. The molecular weight excluding hydrogens is 212 g/mol. The molecule has 0 bridgehead atoms. The molecule has 94 valence electrons. The molecule has 1 saturated heterocycles. The first-order valence-electron chi connectivity index (χ1n) is 6.42. The van der Waals surface area contributed by atoms with Crippen molar-refractivity contribution in [2.45, 2.75) is 26.7 Å². The molecule has 1 aliphatic heterocycles. The van der Waals surface area contributed by atoms with E-state index in [1.54, 1.807) is 0 Å². The second kappa shape index (κ2) is 4.90. The van der Waals surface area contributed by atoms with Crippen LogP contribution in [0, 0.1) is 12.8 Å². The summed E-state index contributed by atoms with van der Waals surface area (Å²) in [5, 5.41) is 3.22. The molecule has 1 aliphatic rings. The summed E-state index contributed by atoms with van der Waals surface area (Å²) in [7, 11) is 3.99. The smallest absolute Gasteiger partial charge is 0.237 e. The second-order valence-electron chi connectivity index (χ2n) is 5.05. The van der Waals surface area contributed by atoms with Crippen LogP contribution in [0.3, 0.4) is 0 Å². The van der Waals surface area contributed by atoms with Crippen LogP contribution in [0.5, 0.6) is 0 Å². The van der Waals surface area contributed by atoms with Gasteiger partial charge in [-0.3, -0.25) is 0 Å². The third-order valence-corrected chi connectivity index (χ3v) is 3.63. The molecule has 0 aromatic carbocycles. The van der Waals surface area contributed by atoms with E-state index in [1.807, 2.05) is 14.1 Å². The van der Waals surface area contributed by atoms with Crippen molar-refractivity contribution in [3.63, 3.8) is 0 Å². The predicted molar refractivity (Wildman–Crippen MR) is 70.3 cm³/mol. The first-order chi connectivity index (χ1) is 8.11. The predicted octanol–water partition coefficient (Wildman–Crippen LogP) is 1.49. The molecule has 1 aromatic heterocycles. The minimum Gasteiger partial charge on any atom is -0.343 e. The highest BCUT2D eigenvalue weighted by Crippen LogP contribution is 2.22. The molecule has 1 aromatic rings. The summed E-state index contributed by atoms with van der Waals surface area (Å²) in [6.45, 7) is 6.63. The first kappa shape index (κ1) is 12.1. The van der Waals surface area contributed by atoms with E-state index in [9.17, 15) is 0 Å². The van der Waals surface area contributed by atoms with Gasteiger partial charge in [-0.25, -0.2) is 4.57 Å². The summed E-state index contributed by atoms with van der Waals surface area (Å²) in [4.78, 5) is 7.09. The van der Waals surface area contributed by atoms with Crippen LogP contribution >= 0.6 is 0 Å². The molecule has 1 fully saturated rings. The standard InChI is InChI=1S/C13H22N4/c1-10-6-5-7-17(9-10)13-8-12(14-3)16(4)11(2)15-13/h8,10H,5-7,9H2,1-4H3/p+1. The summed E-state index contributed by atoms with van der Waals surface area (Å²) in [6, 6.07) is 2.14. The van der Waals surface area contributed by atoms with E-state index in [4.69, 9.17) is 0 Å². The summed E-state index contributed by atoms with van der Waals surface area (Å²) >= 11 is 0. The van der Waals surface area contributed by atoms with Crippen molar-refractivity contribution in [2.24, 2.45) is 13.0 Å². The number of aromatic nitrogens is 2. The Hall–Kier alpha value is -1.32. The van der Waals surface area contributed by atoms with Crippen molar-refractivity contribution in [2.75, 3.05) is 30.4 Å². The van der Waals surface area contributed by atoms with Crippen LogP contribution < -0.4 is 14.8 Å². The number of nitrogens with one attached hydrogen (secondary N) is 1. The Bertz CT molecular complexity index is 403. The van der Waals surface area contributed by atoms with Gasteiger partial charge in [0.15, 0.2) is 0 Å². The number of rotatable bonds is 2. The van der Waals surface area contributed by atoms with E-state index in [-0.39, 0.29) is 0 Å². The van der Waals surface area contributed by atoms with Crippen LogP contribution in [-0.2, 0) is 7.05 Å². The van der Waals surface area contributed by atoms with Gasteiger partial charge in [-0.15, -0.1) is 0 Å². The van der Waals surface area contributed by atoms with E-state index in [0.29, 0.717) is 0 Å². The monoisotopic (exact) mass is 235 g/mol. The van der Waals surface area contributed by atoms with Gasteiger partial charge in [0, 0.05) is 27.1 Å². The third kappa shape index (κ3) is 2.51. The Morgan fingerprint density at radius 1 is 1.53 bits per heavy atom. The Balaban J connectivity index is 2.29. The minimum atomic E-state index is 0.776. The van der Waals surface area contributed by atoms with Crippen molar-refractivity contribution in [3.05, 3.63) is 11.9 Å². The van der Waals surface area contributed by atoms with E-state index in [1.165, 1.54) is 12.8 Å². The summed E-state index contributed by atoms with van der Waals surface area (Å²) in [5.41, 5.74) is 0. The number of nitrogens with zero attached hydrogens (tertiary/aromatic N) is 3. The molecule has 0 aliphatic carbocycles. The van der Waals surface area contributed by atoms with Crippen LogP contribution in [0.1, 0.15) is 25.6 Å². The zero-order valence-electron chi connectivity index (χ0n) is 11.3. The Morgan fingerprint density at radius 3 is 2.94 bits per heavy atom. The highest BCUT2D eigenvalue weighted by molar-refractivity contribution is 5.46. The van der Waals surface area contributed by atoms with Gasteiger partial charge < -0.3 is 10.2 Å². The SMILES string of the molecule is CNc1cc(N2CCCC(C)C2)nc(C)[n+]1C. The van der Waals surface area contributed by atoms with Gasteiger partial charge in [-0.2, -0.15) is 0 Å². The van der Waals surface area contributed by atoms with Gasteiger partial charge in [0.25, 0.3) is 0 Å². The molecule has 4 heteroatoms. The number of hydrogen-bond donors (Lipinski definition) is 1. The lowest BCUT2D eigenvalue weighted by Gasteiger charge is -2.30. The van der Waals surface area contributed by atoms with Crippen LogP contribution in [-0.4, -0.2) is 25.1 Å². The van der Waals surface area contributed by atoms with Gasteiger partial charge in [0.1, 0.15) is 0 Å². The van der Waals surface area contributed by atoms with Gasteiger partial charge in [0.05, 0.1) is 13.1 Å². The molecule has 1 atom stereocenters. The second-order valence-corrected chi connectivity index (χ2v) is 5.05. The largest absolute Gasteiger partial charge is 0.343 e. The van der Waals surface area contributed by atoms with Crippen LogP contribution in [0.15, 0.2) is 6.07 Å². The molecule has 0 spiro atoms. The summed E-state index contributed by atoms with van der Waals surface area (Å²) in [5.74, 6) is 4.05. The van der Waals surface area contributed by atoms with Gasteiger partial charge >= 0.3 is 0 Å². The van der Waals surface area contributed by atoms with E-state index in [2.05, 4.69) is 39.7 Å². The minimum absolute atomic E-state index is 0.776. The van der Waals surface area contributed by atoms with Gasteiger partial charge in [-0.05, 0) is 18.8 Å². The zero-order valence-corrected chi connectivity index (χ0v) is 11.3. The topological polar surface area (TPSA) is 32.0 Å². The fraction of sp³-hybridized carbons (Fsp3) is 0.692. The highest BCUT2D eigenvalue weighted by Gasteiger charge is 2.21. The lowest BCUT2D eigenvalue weighted by atomic mass is 10.0. The van der Waals surface area contributed by atoms with Gasteiger partial charge in [-0.1, -0.05) is 11.9 Å². The van der Waals surface area contributed by atoms with Crippen LogP contribution in [0.2, 0.25) is 0 Å². The molecule has 17 heavy (non-hydrogen) atoms. The van der Waals surface area contributed by atoms with E-state index in [0.717, 1.165) is 36.5 Å². The van der Waals surface area contributed by atoms with Crippen molar-refractivity contribution in [3.8, 4) is 0 Å².